The Kier molecular flexibility index (Phi) is 7.36. The fraction of sp³-hybridized carbons (Fsp3) is 0.370. The zero-order chi connectivity index (χ0) is 24.0. The third kappa shape index (κ3) is 6.24. The molecule has 2 heterocycles. The minimum atomic E-state index is 0.379. The van der Waals surface area contributed by atoms with Crippen molar-refractivity contribution >= 4 is 17.7 Å². The van der Waals surface area contributed by atoms with Crippen LogP contribution in [0.1, 0.15) is 24.0 Å². The number of piperazine rings is 1. The lowest BCUT2D eigenvalue weighted by atomic mass is 10.2. The van der Waals surface area contributed by atoms with Crippen LogP contribution in [0.5, 0.6) is 11.6 Å². The number of rotatable bonds is 9. The molecule has 0 bridgehead atoms. The number of hydrogen-bond acceptors (Lipinski definition) is 8. The molecule has 1 aliphatic carbocycles. The minimum Gasteiger partial charge on any atom is -0.497 e. The molecular weight excluding hydrogens is 458 g/mol. The van der Waals surface area contributed by atoms with Gasteiger partial charge in [0.25, 0.3) is 0 Å². The van der Waals surface area contributed by atoms with Gasteiger partial charge in [0, 0.05) is 37.6 Å². The zero-order valence-electron chi connectivity index (χ0n) is 19.9. The van der Waals surface area contributed by atoms with Crippen LogP contribution in [0.4, 0.5) is 5.95 Å². The van der Waals surface area contributed by atoms with Crippen LogP contribution in [-0.4, -0.2) is 54.7 Å². The Morgan fingerprint density at radius 3 is 2.60 bits per heavy atom. The molecule has 0 radical (unpaired) electrons. The highest BCUT2D eigenvalue weighted by Crippen LogP contribution is 2.35. The largest absolute Gasteiger partial charge is 0.497 e. The van der Waals surface area contributed by atoms with Crippen molar-refractivity contribution in [1.29, 1.82) is 5.26 Å². The molecule has 1 aliphatic heterocycles. The maximum atomic E-state index is 9.08. The van der Waals surface area contributed by atoms with Gasteiger partial charge in [-0.05, 0) is 60.7 Å². The first-order chi connectivity index (χ1) is 17.2. The third-order valence-electron chi connectivity index (χ3n) is 6.30. The molecule has 180 valence electrons. The fourth-order valence-electron chi connectivity index (χ4n) is 4.11. The van der Waals surface area contributed by atoms with Crippen LogP contribution in [-0.2, 0) is 6.61 Å². The lowest BCUT2D eigenvalue weighted by Gasteiger charge is -2.34. The van der Waals surface area contributed by atoms with Gasteiger partial charge in [-0.1, -0.05) is 23.9 Å². The van der Waals surface area contributed by atoms with E-state index in [4.69, 9.17) is 24.7 Å². The fourth-order valence-corrected chi connectivity index (χ4v) is 4.93. The number of ether oxygens (including phenoxy) is 2. The highest BCUT2D eigenvalue weighted by Gasteiger charge is 2.27. The molecule has 1 saturated carbocycles. The second kappa shape index (κ2) is 11.0. The van der Waals surface area contributed by atoms with Crippen molar-refractivity contribution in [2.24, 2.45) is 5.92 Å². The Hall–Kier alpha value is -3.28. The summed E-state index contributed by atoms with van der Waals surface area (Å²) >= 11 is 1.53. The minimum absolute atomic E-state index is 0.379. The Labute approximate surface area is 210 Å². The van der Waals surface area contributed by atoms with E-state index < -0.39 is 0 Å². The SMILES string of the molecule is COc1cccc(COc2nc(N3CCN(CC4CC4)CC3)ncc2Sc2ccc(C#N)cc2)c1. The monoisotopic (exact) mass is 487 g/mol. The Morgan fingerprint density at radius 1 is 1.09 bits per heavy atom. The Balaban J connectivity index is 1.33. The molecule has 2 aliphatic rings. The number of anilines is 1. The van der Waals surface area contributed by atoms with Gasteiger partial charge < -0.3 is 14.4 Å². The average Bonchev–Trinajstić information content (AvgIpc) is 3.73. The van der Waals surface area contributed by atoms with Crippen molar-refractivity contribution in [2.75, 3.05) is 44.7 Å². The number of nitriles is 1. The van der Waals surface area contributed by atoms with Gasteiger partial charge in [-0.2, -0.15) is 10.2 Å². The van der Waals surface area contributed by atoms with Crippen LogP contribution >= 0.6 is 11.8 Å². The van der Waals surface area contributed by atoms with Gasteiger partial charge in [0.1, 0.15) is 12.4 Å². The van der Waals surface area contributed by atoms with Crippen LogP contribution in [0, 0.1) is 17.2 Å². The van der Waals surface area contributed by atoms with E-state index in [9.17, 15) is 0 Å². The predicted octanol–water partition coefficient (Wildman–Crippen LogP) is 4.62. The van der Waals surface area contributed by atoms with Crippen molar-refractivity contribution in [3.05, 3.63) is 65.9 Å². The molecular formula is C27H29N5O2S. The van der Waals surface area contributed by atoms with Gasteiger partial charge in [0.2, 0.25) is 11.8 Å². The van der Waals surface area contributed by atoms with Crippen LogP contribution in [0.15, 0.2) is 64.5 Å². The smallest absolute Gasteiger partial charge is 0.232 e. The maximum absolute atomic E-state index is 9.08. The van der Waals surface area contributed by atoms with E-state index in [1.807, 2.05) is 54.7 Å². The molecule has 0 N–H and O–H groups in total. The molecule has 35 heavy (non-hydrogen) atoms. The van der Waals surface area contributed by atoms with Gasteiger partial charge >= 0.3 is 0 Å². The second-order valence-electron chi connectivity index (χ2n) is 8.95. The highest BCUT2D eigenvalue weighted by molar-refractivity contribution is 7.99. The lowest BCUT2D eigenvalue weighted by molar-refractivity contribution is 0.246. The highest BCUT2D eigenvalue weighted by atomic mass is 32.2. The van der Waals surface area contributed by atoms with E-state index in [0.717, 1.165) is 53.2 Å². The van der Waals surface area contributed by atoms with Crippen molar-refractivity contribution in [3.8, 4) is 17.7 Å². The number of aromatic nitrogens is 2. The molecule has 8 heteroatoms. The van der Waals surface area contributed by atoms with Gasteiger partial charge in [0.15, 0.2) is 0 Å². The predicted molar refractivity (Wildman–Crippen MR) is 136 cm³/mol. The van der Waals surface area contributed by atoms with Crippen molar-refractivity contribution < 1.29 is 9.47 Å². The molecule has 1 saturated heterocycles. The summed E-state index contributed by atoms with van der Waals surface area (Å²) in [5.74, 6) is 2.98. The number of hydrogen-bond donors (Lipinski definition) is 0. The molecule has 2 aromatic carbocycles. The molecule has 5 rings (SSSR count). The summed E-state index contributed by atoms with van der Waals surface area (Å²) in [5, 5.41) is 9.08. The number of benzene rings is 2. The molecule has 0 amide bonds. The van der Waals surface area contributed by atoms with Crippen LogP contribution < -0.4 is 14.4 Å². The second-order valence-corrected chi connectivity index (χ2v) is 10.1. The molecule has 0 spiro atoms. The van der Waals surface area contributed by atoms with E-state index in [2.05, 4.69) is 15.9 Å². The van der Waals surface area contributed by atoms with Crippen molar-refractivity contribution in [2.45, 2.75) is 29.2 Å². The van der Waals surface area contributed by atoms with Crippen LogP contribution in [0.2, 0.25) is 0 Å². The topological polar surface area (TPSA) is 74.5 Å². The third-order valence-corrected chi connectivity index (χ3v) is 7.31. The molecule has 0 unspecified atom stereocenters. The number of methoxy groups -OCH3 is 1. The van der Waals surface area contributed by atoms with Gasteiger partial charge in [-0.15, -0.1) is 0 Å². The summed E-state index contributed by atoms with van der Waals surface area (Å²) in [6.45, 7) is 5.53. The summed E-state index contributed by atoms with van der Waals surface area (Å²) in [6, 6.07) is 17.5. The van der Waals surface area contributed by atoms with Gasteiger partial charge in [0.05, 0.1) is 29.8 Å². The molecule has 3 aromatic rings. The average molecular weight is 488 g/mol. The Bertz CT molecular complexity index is 1180. The summed E-state index contributed by atoms with van der Waals surface area (Å²) in [6.07, 6.45) is 4.62. The van der Waals surface area contributed by atoms with Gasteiger partial charge in [-0.3, -0.25) is 4.90 Å². The van der Waals surface area contributed by atoms with E-state index >= 15 is 0 Å². The van der Waals surface area contributed by atoms with E-state index in [0.29, 0.717) is 24.0 Å². The van der Waals surface area contributed by atoms with Crippen molar-refractivity contribution in [1.82, 2.24) is 14.9 Å². The first-order valence-corrected chi connectivity index (χ1v) is 12.8. The van der Waals surface area contributed by atoms with Crippen molar-refractivity contribution in [3.63, 3.8) is 0 Å². The number of nitrogens with zero attached hydrogens (tertiary/aromatic N) is 5. The summed E-state index contributed by atoms with van der Waals surface area (Å²) in [5.41, 5.74) is 1.64. The lowest BCUT2D eigenvalue weighted by Crippen LogP contribution is -2.47. The summed E-state index contributed by atoms with van der Waals surface area (Å²) in [4.78, 5) is 16.2. The quantitative estimate of drug-likeness (QED) is 0.433. The van der Waals surface area contributed by atoms with E-state index in [-0.39, 0.29) is 0 Å². The first-order valence-electron chi connectivity index (χ1n) is 12.0. The summed E-state index contributed by atoms with van der Waals surface area (Å²) < 4.78 is 11.6. The van der Waals surface area contributed by atoms with E-state index in [1.165, 1.54) is 31.1 Å². The van der Waals surface area contributed by atoms with E-state index in [1.54, 1.807) is 7.11 Å². The molecule has 1 aromatic heterocycles. The first kappa shape index (κ1) is 23.5. The molecule has 0 atom stereocenters. The normalized spacial score (nSPS) is 16.1. The summed E-state index contributed by atoms with van der Waals surface area (Å²) in [7, 11) is 1.66. The maximum Gasteiger partial charge on any atom is 0.232 e. The zero-order valence-corrected chi connectivity index (χ0v) is 20.7. The van der Waals surface area contributed by atoms with Crippen LogP contribution in [0.25, 0.3) is 0 Å². The van der Waals surface area contributed by atoms with Crippen LogP contribution in [0.3, 0.4) is 0 Å². The van der Waals surface area contributed by atoms with Gasteiger partial charge in [-0.25, -0.2) is 4.98 Å². The standard InChI is InChI=1S/C27H29N5O2S/c1-33-23-4-2-3-22(15-23)19-34-26-25(35-24-9-7-20(16-28)8-10-24)17-29-27(30-26)32-13-11-31(12-14-32)18-21-5-6-21/h2-4,7-10,15,17,21H,5-6,11-14,18-19H2,1H3. The molecule has 7 nitrogen and oxygen atoms in total. The molecule has 2 fully saturated rings. The Morgan fingerprint density at radius 2 is 1.89 bits per heavy atom.